The first-order chi connectivity index (χ1) is 8.57. The standard InChI is InChI=1S/C13H24N2O3/c1-3-4-6-9-15-12(13(14)17)8-5-7-10-18-11(2)16/h5,8,12,15H,3-4,6-7,9-10H2,1-2H3,(H2,14,17)/b8-5-. The molecule has 0 radical (unpaired) electrons. The van der Waals surface area contributed by atoms with Gasteiger partial charge in [0.25, 0.3) is 0 Å². The second kappa shape index (κ2) is 10.8. The van der Waals surface area contributed by atoms with Gasteiger partial charge in [-0.3, -0.25) is 9.59 Å². The van der Waals surface area contributed by atoms with Crippen LogP contribution in [0.3, 0.4) is 0 Å². The molecule has 0 aromatic carbocycles. The summed E-state index contributed by atoms with van der Waals surface area (Å²) in [6, 6.07) is -0.445. The SMILES string of the molecule is CCCCCNC(/C=C\CCOC(C)=O)C(N)=O. The molecule has 0 fully saturated rings. The predicted octanol–water partition coefficient (Wildman–Crippen LogP) is 1.13. The van der Waals surface area contributed by atoms with Crippen molar-refractivity contribution in [1.82, 2.24) is 5.32 Å². The van der Waals surface area contributed by atoms with Crippen LogP contribution in [0.4, 0.5) is 0 Å². The van der Waals surface area contributed by atoms with Crippen LogP contribution >= 0.6 is 0 Å². The van der Waals surface area contributed by atoms with E-state index in [2.05, 4.69) is 12.2 Å². The van der Waals surface area contributed by atoms with Crippen molar-refractivity contribution in [1.29, 1.82) is 0 Å². The molecule has 18 heavy (non-hydrogen) atoms. The zero-order valence-corrected chi connectivity index (χ0v) is 11.3. The van der Waals surface area contributed by atoms with E-state index in [0.29, 0.717) is 13.0 Å². The highest BCUT2D eigenvalue weighted by Gasteiger charge is 2.09. The van der Waals surface area contributed by atoms with E-state index in [-0.39, 0.29) is 5.97 Å². The van der Waals surface area contributed by atoms with Gasteiger partial charge in [0.05, 0.1) is 6.61 Å². The molecular formula is C13H24N2O3. The molecule has 5 nitrogen and oxygen atoms in total. The van der Waals surface area contributed by atoms with E-state index in [1.54, 1.807) is 12.2 Å². The second-order valence-electron chi connectivity index (χ2n) is 4.10. The normalized spacial score (nSPS) is 12.6. The van der Waals surface area contributed by atoms with Gasteiger partial charge in [-0.2, -0.15) is 0 Å². The smallest absolute Gasteiger partial charge is 0.302 e. The summed E-state index contributed by atoms with van der Waals surface area (Å²) in [6.07, 6.45) is 7.40. The van der Waals surface area contributed by atoms with Gasteiger partial charge in [-0.25, -0.2) is 0 Å². The molecule has 0 saturated carbocycles. The Bertz CT molecular complexity index is 277. The third-order valence-corrected chi connectivity index (χ3v) is 2.37. The summed E-state index contributed by atoms with van der Waals surface area (Å²) in [4.78, 5) is 21.7. The Hall–Kier alpha value is -1.36. The summed E-state index contributed by atoms with van der Waals surface area (Å²) in [5.41, 5.74) is 5.28. The van der Waals surface area contributed by atoms with Crippen molar-refractivity contribution in [3.63, 3.8) is 0 Å². The van der Waals surface area contributed by atoms with Crippen LogP contribution in [0, 0.1) is 0 Å². The number of carbonyl (C=O) groups is 2. The van der Waals surface area contributed by atoms with Crippen LogP contribution < -0.4 is 11.1 Å². The summed E-state index contributed by atoms with van der Waals surface area (Å²) in [7, 11) is 0. The molecule has 0 aromatic rings. The van der Waals surface area contributed by atoms with Gasteiger partial charge in [0.1, 0.15) is 6.04 Å². The van der Waals surface area contributed by atoms with E-state index < -0.39 is 11.9 Å². The Morgan fingerprint density at radius 2 is 2.11 bits per heavy atom. The zero-order valence-electron chi connectivity index (χ0n) is 11.3. The number of primary amides is 1. The maximum absolute atomic E-state index is 11.2. The Morgan fingerprint density at radius 3 is 2.67 bits per heavy atom. The number of esters is 1. The lowest BCUT2D eigenvalue weighted by Gasteiger charge is -2.10. The molecule has 0 saturated heterocycles. The molecule has 5 heteroatoms. The fourth-order valence-electron chi connectivity index (χ4n) is 1.40. The van der Waals surface area contributed by atoms with Gasteiger partial charge in [0.15, 0.2) is 0 Å². The largest absolute Gasteiger partial charge is 0.466 e. The number of nitrogens with two attached hydrogens (primary N) is 1. The maximum atomic E-state index is 11.2. The Kier molecular flexibility index (Phi) is 9.96. The summed E-state index contributed by atoms with van der Waals surface area (Å²) < 4.78 is 4.77. The third kappa shape index (κ3) is 9.84. The number of rotatable bonds is 10. The Morgan fingerprint density at radius 1 is 1.39 bits per heavy atom. The Labute approximate surface area is 109 Å². The highest BCUT2D eigenvalue weighted by Crippen LogP contribution is 1.95. The quantitative estimate of drug-likeness (QED) is 0.349. The minimum absolute atomic E-state index is 0.299. The minimum atomic E-state index is -0.445. The van der Waals surface area contributed by atoms with Gasteiger partial charge in [-0.15, -0.1) is 0 Å². The third-order valence-electron chi connectivity index (χ3n) is 2.37. The van der Waals surface area contributed by atoms with Gasteiger partial charge in [-0.1, -0.05) is 31.9 Å². The maximum Gasteiger partial charge on any atom is 0.302 e. The lowest BCUT2D eigenvalue weighted by molar-refractivity contribution is -0.140. The number of nitrogens with one attached hydrogen (secondary N) is 1. The van der Waals surface area contributed by atoms with Crippen molar-refractivity contribution >= 4 is 11.9 Å². The van der Waals surface area contributed by atoms with Crippen molar-refractivity contribution in [2.75, 3.05) is 13.2 Å². The highest BCUT2D eigenvalue weighted by atomic mass is 16.5. The van der Waals surface area contributed by atoms with Gasteiger partial charge in [0.2, 0.25) is 5.91 Å². The van der Waals surface area contributed by atoms with Crippen molar-refractivity contribution in [2.24, 2.45) is 5.73 Å². The fourth-order valence-corrected chi connectivity index (χ4v) is 1.40. The van der Waals surface area contributed by atoms with Gasteiger partial charge < -0.3 is 15.8 Å². The van der Waals surface area contributed by atoms with E-state index in [1.165, 1.54) is 6.92 Å². The van der Waals surface area contributed by atoms with Crippen LogP contribution in [0.5, 0.6) is 0 Å². The molecule has 0 aliphatic rings. The molecule has 0 aromatic heterocycles. The number of carbonyl (C=O) groups excluding carboxylic acids is 2. The second-order valence-corrected chi connectivity index (χ2v) is 4.10. The molecule has 0 spiro atoms. The lowest BCUT2D eigenvalue weighted by atomic mass is 10.2. The first-order valence-corrected chi connectivity index (χ1v) is 6.40. The van der Waals surface area contributed by atoms with Crippen LogP contribution in [-0.2, 0) is 14.3 Å². The van der Waals surface area contributed by atoms with Crippen LogP contribution in [0.25, 0.3) is 0 Å². The topological polar surface area (TPSA) is 81.4 Å². The molecule has 0 aliphatic heterocycles. The van der Waals surface area contributed by atoms with E-state index in [4.69, 9.17) is 10.5 Å². The summed E-state index contributed by atoms with van der Waals surface area (Å²) in [5, 5.41) is 3.08. The monoisotopic (exact) mass is 256 g/mol. The summed E-state index contributed by atoms with van der Waals surface area (Å²) in [6.45, 7) is 4.59. The number of unbranched alkanes of at least 4 members (excludes halogenated alkanes) is 2. The van der Waals surface area contributed by atoms with Crippen molar-refractivity contribution in [3.8, 4) is 0 Å². The molecule has 0 rings (SSSR count). The average Bonchev–Trinajstić information content (AvgIpc) is 2.30. The average molecular weight is 256 g/mol. The molecule has 1 atom stereocenters. The number of amides is 1. The van der Waals surface area contributed by atoms with Gasteiger partial charge >= 0.3 is 5.97 Å². The molecule has 1 unspecified atom stereocenters. The van der Waals surface area contributed by atoms with E-state index in [0.717, 1.165) is 25.8 Å². The van der Waals surface area contributed by atoms with E-state index >= 15 is 0 Å². The number of hydrogen-bond donors (Lipinski definition) is 2. The van der Waals surface area contributed by atoms with Gasteiger partial charge in [0, 0.05) is 6.92 Å². The van der Waals surface area contributed by atoms with Crippen molar-refractivity contribution in [3.05, 3.63) is 12.2 Å². The molecule has 1 amide bonds. The molecular weight excluding hydrogens is 232 g/mol. The fraction of sp³-hybridized carbons (Fsp3) is 0.692. The van der Waals surface area contributed by atoms with Crippen LogP contribution in [-0.4, -0.2) is 31.1 Å². The first-order valence-electron chi connectivity index (χ1n) is 6.40. The first kappa shape index (κ1) is 16.6. The van der Waals surface area contributed by atoms with Crippen molar-refractivity contribution in [2.45, 2.75) is 45.6 Å². The Balaban J connectivity index is 3.84. The molecule has 3 N–H and O–H groups in total. The van der Waals surface area contributed by atoms with Gasteiger partial charge in [-0.05, 0) is 19.4 Å². The zero-order chi connectivity index (χ0) is 13.8. The van der Waals surface area contributed by atoms with Crippen LogP contribution in [0.15, 0.2) is 12.2 Å². The molecule has 0 aliphatic carbocycles. The van der Waals surface area contributed by atoms with E-state index in [1.807, 2.05) is 0 Å². The minimum Gasteiger partial charge on any atom is -0.466 e. The van der Waals surface area contributed by atoms with Crippen LogP contribution in [0.1, 0.15) is 39.5 Å². The van der Waals surface area contributed by atoms with E-state index in [9.17, 15) is 9.59 Å². The molecule has 104 valence electrons. The highest BCUT2D eigenvalue weighted by molar-refractivity contribution is 5.81. The van der Waals surface area contributed by atoms with Crippen LogP contribution in [0.2, 0.25) is 0 Å². The molecule has 0 heterocycles. The lowest BCUT2D eigenvalue weighted by Crippen LogP contribution is -2.40. The molecule has 0 bridgehead atoms. The summed E-state index contributed by atoms with van der Waals surface area (Å²) in [5.74, 6) is -0.692. The summed E-state index contributed by atoms with van der Waals surface area (Å²) >= 11 is 0. The predicted molar refractivity (Wildman–Crippen MR) is 70.9 cm³/mol. The van der Waals surface area contributed by atoms with Crippen molar-refractivity contribution < 1.29 is 14.3 Å². The number of hydrogen-bond acceptors (Lipinski definition) is 4. The number of ether oxygens (including phenoxy) is 1.